The number of hydrogen-bond acceptors (Lipinski definition) is 2. The van der Waals surface area contributed by atoms with Gasteiger partial charge in [-0.05, 0) is 72.0 Å². The molecular formula is C44H88N2O. The van der Waals surface area contributed by atoms with Crippen LogP contribution in [0.2, 0.25) is 0 Å². The van der Waals surface area contributed by atoms with E-state index < -0.39 is 0 Å². The fourth-order valence-corrected chi connectivity index (χ4v) is 6.87. The van der Waals surface area contributed by atoms with Gasteiger partial charge < -0.3 is 10.2 Å². The van der Waals surface area contributed by atoms with Crippen molar-refractivity contribution in [2.75, 3.05) is 27.2 Å². The van der Waals surface area contributed by atoms with Gasteiger partial charge in [0.15, 0.2) is 0 Å². The van der Waals surface area contributed by atoms with Crippen LogP contribution in [0, 0.1) is 0 Å². The molecule has 0 atom stereocenters. The molecule has 1 N–H and O–H groups in total. The molecule has 0 heterocycles. The summed E-state index contributed by atoms with van der Waals surface area (Å²) < 4.78 is 0. The summed E-state index contributed by atoms with van der Waals surface area (Å²) >= 11 is 0. The number of hydrogen-bond donors (Lipinski definition) is 1. The molecule has 0 unspecified atom stereocenters. The number of amides is 1. The molecule has 0 bridgehead atoms. The molecule has 3 heteroatoms. The molecule has 0 aromatic rings. The summed E-state index contributed by atoms with van der Waals surface area (Å²) in [5.41, 5.74) is 1.73. The Morgan fingerprint density at radius 3 is 1.17 bits per heavy atom. The summed E-state index contributed by atoms with van der Waals surface area (Å²) in [6, 6.07) is 0. The third-order valence-corrected chi connectivity index (χ3v) is 10.1. The third kappa shape index (κ3) is 39.5. The van der Waals surface area contributed by atoms with E-state index in [1.807, 2.05) is 0 Å². The van der Waals surface area contributed by atoms with Crippen LogP contribution in [0.5, 0.6) is 0 Å². The predicted molar refractivity (Wildman–Crippen MR) is 213 cm³/mol. The molecule has 0 aliphatic carbocycles. The second kappa shape index (κ2) is 39.6. The predicted octanol–water partition coefficient (Wildman–Crippen LogP) is 14.3. The molecule has 0 aliphatic rings. The lowest BCUT2D eigenvalue weighted by Gasteiger charge is -2.10. The van der Waals surface area contributed by atoms with Crippen LogP contribution in [0.15, 0.2) is 11.6 Å². The zero-order valence-corrected chi connectivity index (χ0v) is 33.1. The second-order valence-corrected chi connectivity index (χ2v) is 15.3. The molecule has 0 aromatic heterocycles. The Morgan fingerprint density at radius 2 is 0.809 bits per heavy atom. The van der Waals surface area contributed by atoms with E-state index in [2.05, 4.69) is 44.2 Å². The number of carbonyl (C=O) groups is 1. The number of rotatable bonds is 39. The Bertz CT molecular complexity index is 609. The van der Waals surface area contributed by atoms with Crippen LogP contribution in [0.3, 0.4) is 0 Å². The van der Waals surface area contributed by atoms with E-state index in [0.29, 0.717) is 6.42 Å². The molecular weight excluding hydrogens is 572 g/mol. The molecule has 0 rings (SSSR count). The summed E-state index contributed by atoms with van der Waals surface area (Å²) in [4.78, 5) is 14.2. The van der Waals surface area contributed by atoms with Gasteiger partial charge in [-0.3, -0.25) is 4.79 Å². The Kier molecular flexibility index (Phi) is 38.9. The van der Waals surface area contributed by atoms with Gasteiger partial charge in [-0.25, -0.2) is 0 Å². The van der Waals surface area contributed by atoms with Crippen molar-refractivity contribution in [3.8, 4) is 0 Å². The lowest BCUT2D eigenvalue weighted by atomic mass is 9.97. The molecule has 0 fully saturated rings. The van der Waals surface area contributed by atoms with Crippen molar-refractivity contribution in [2.45, 2.75) is 239 Å². The van der Waals surface area contributed by atoms with Gasteiger partial charge in [0.05, 0.1) is 0 Å². The van der Waals surface area contributed by atoms with Crippen molar-refractivity contribution in [3.05, 3.63) is 11.6 Å². The molecule has 280 valence electrons. The largest absolute Gasteiger partial charge is 0.356 e. The number of nitrogens with zero attached hydrogens (tertiary/aromatic N) is 1. The molecule has 0 saturated heterocycles. The summed E-state index contributed by atoms with van der Waals surface area (Å²) in [6.07, 6.45) is 50.5. The van der Waals surface area contributed by atoms with Crippen LogP contribution in [-0.2, 0) is 4.79 Å². The lowest BCUT2D eigenvalue weighted by molar-refractivity contribution is -0.121. The van der Waals surface area contributed by atoms with Crippen LogP contribution < -0.4 is 5.32 Å². The molecule has 0 radical (unpaired) electrons. The highest BCUT2D eigenvalue weighted by atomic mass is 16.1. The van der Waals surface area contributed by atoms with E-state index >= 15 is 0 Å². The summed E-state index contributed by atoms with van der Waals surface area (Å²) in [7, 11) is 4.14. The topological polar surface area (TPSA) is 32.3 Å². The number of nitrogens with one attached hydrogen (secondary N) is 1. The van der Waals surface area contributed by atoms with Crippen molar-refractivity contribution in [1.82, 2.24) is 10.2 Å². The fraction of sp³-hybridized carbons (Fsp3) is 0.932. The zero-order chi connectivity index (χ0) is 34.3. The monoisotopic (exact) mass is 661 g/mol. The van der Waals surface area contributed by atoms with Crippen molar-refractivity contribution < 1.29 is 4.79 Å². The average molecular weight is 661 g/mol. The van der Waals surface area contributed by atoms with Gasteiger partial charge in [0, 0.05) is 13.0 Å². The first-order valence-electron chi connectivity index (χ1n) is 21.7. The molecule has 3 nitrogen and oxygen atoms in total. The van der Waals surface area contributed by atoms with Crippen molar-refractivity contribution in [3.63, 3.8) is 0 Å². The molecule has 1 amide bonds. The third-order valence-electron chi connectivity index (χ3n) is 10.1. The average Bonchev–Trinajstić information content (AvgIpc) is 3.06. The molecule has 0 aromatic carbocycles. The van der Waals surface area contributed by atoms with Gasteiger partial charge >= 0.3 is 0 Å². The van der Waals surface area contributed by atoms with Crippen molar-refractivity contribution >= 4 is 5.91 Å². The van der Waals surface area contributed by atoms with Crippen LogP contribution in [0.1, 0.15) is 239 Å². The molecule has 0 aliphatic heterocycles. The Hall–Kier alpha value is -0.830. The van der Waals surface area contributed by atoms with Gasteiger partial charge in [0.1, 0.15) is 0 Å². The first kappa shape index (κ1) is 46.2. The van der Waals surface area contributed by atoms with E-state index in [0.717, 1.165) is 25.9 Å². The maximum absolute atomic E-state index is 12.0. The highest BCUT2D eigenvalue weighted by Gasteiger charge is 2.03. The first-order chi connectivity index (χ1) is 23.1. The standard InChI is InChI=1S/C44H88N2O/c1-5-7-9-11-13-15-17-19-21-23-25-27-29-32-37-43(39-34-31-35-41-45-44(47)40-36-42-46(3)4)38-33-30-28-26-24-22-20-18-16-14-12-10-8-6-2/h39H,5-38,40-42H2,1-4H3,(H,45,47). The highest BCUT2D eigenvalue weighted by molar-refractivity contribution is 5.75. The number of unbranched alkanes of at least 4 members (excludes halogenated alkanes) is 28. The van der Waals surface area contributed by atoms with Gasteiger partial charge in [-0.1, -0.05) is 192 Å². The van der Waals surface area contributed by atoms with E-state index in [1.165, 1.54) is 205 Å². The van der Waals surface area contributed by atoms with Crippen LogP contribution in [0.4, 0.5) is 0 Å². The number of carbonyl (C=O) groups excluding carboxylic acids is 1. The van der Waals surface area contributed by atoms with Crippen molar-refractivity contribution in [2.24, 2.45) is 0 Å². The van der Waals surface area contributed by atoms with E-state index in [1.54, 1.807) is 5.57 Å². The van der Waals surface area contributed by atoms with Crippen LogP contribution in [-0.4, -0.2) is 38.0 Å². The fourth-order valence-electron chi connectivity index (χ4n) is 6.87. The lowest BCUT2D eigenvalue weighted by Crippen LogP contribution is -2.25. The normalized spacial score (nSPS) is 11.4. The first-order valence-corrected chi connectivity index (χ1v) is 21.7. The summed E-state index contributed by atoms with van der Waals surface area (Å²) in [6.45, 7) is 6.43. The van der Waals surface area contributed by atoms with Crippen molar-refractivity contribution in [1.29, 1.82) is 0 Å². The van der Waals surface area contributed by atoms with Gasteiger partial charge in [0.25, 0.3) is 0 Å². The Morgan fingerprint density at radius 1 is 0.447 bits per heavy atom. The molecule has 0 spiro atoms. The molecule has 0 saturated carbocycles. The highest BCUT2D eigenvalue weighted by Crippen LogP contribution is 2.21. The molecule has 47 heavy (non-hydrogen) atoms. The van der Waals surface area contributed by atoms with Gasteiger partial charge in [-0.15, -0.1) is 0 Å². The summed E-state index contributed by atoms with van der Waals surface area (Å²) in [5.74, 6) is 0.221. The van der Waals surface area contributed by atoms with Crippen LogP contribution >= 0.6 is 0 Å². The number of allylic oxidation sites excluding steroid dienone is 2. The second-order valence-electron chi connectivity index (χ2n) is 15.3. The minimum absolute atomic E-state index is 0.221. The van der Waals surface area contributed by atoms with E-state index in [-0.39, 0.29) is 5.91 Å². The van der Waals surface area contributed by atoms with Gasteiger partial charge in [0.2, 0.25) is 5.91 Å². The maximum atomic E-state index is 12.0. The smallest absolute Gasteiger partial charge is 0.220 e. The zero-order valence-electron chi connectivity index (χ0n) is 33.1. The summed E-state index contributed by atoms with van der Waals surface area (Å²) in [5, 5.41) is 3.13. The Labute approximate surface area is 297 Å². The quantitative estimate of drug-likeness (QED) is 0.0525. The van der Waals surface area contributed by atoms with Crippen LogP contribution in [0.25, 0.3) is 0 Å². The van der Waals surface area contributed by atoms with E-state index in [4.69, 9.17) is 0 Å². The van der Waals surface area contributed by atoms with Gasteiger partial charge in [-0.2, -0.15) is 0 Å². The minimum atomic E-state index is 0.221. The Balaban J connectivity index is 4.07. The minimum Gasteiger partial charge on any atom is -0.356 e. The maximum Gasteiger partial charge on any atom is 0.220 e. The SMILES string of the molecule is CCCCCCCCCCCCCCCCC(=CCCCCNC(=O)CCCN(C)C)CCCCCCCCCCCCCCCC. The van der Waals surface area contributed by atoms with E-state index in [9.17, 15) is 4.79 Å².